The topological polar surface area (TPSA) is 33.2 Å². The average Bonchev–Trinajstić information content (AvgIpc) is 2.71. The number of anilines is 2. The summed E-state index contributed by atoms with van der Waals surface area (Å²) in [6.07, 6.45) is 0.802. The highest BCUT2D eigenvalue weighted by molar-refractivity contribution is 7.17. The van der Waals surface area contributed by atoms with Crippen LogP contribution in [-0.4, -0.2) is 17.8 Å². The third-order valence-electron chi connectivity index (χ3n) is 2.60. The zero-order chi connectivity index (χ0) is 13.1. The molecular formula is C13H13FN2OS. The van der Waals surface area contributed by atoms with Crippen molar-refractivity contribution in [3.05, 3.63) is 40.7 Å². The minimum Gasteiger partial charge on any atom is -0.318 e. The van der Waals surface area contributed by atoms with Crippen LogP contribution in [0.15, 0.2) is 24.3 Å². The fraction of sp³-hybridized carbons (Fsp3) is 0.231. The second-order valence-electron chi connectivity index (χ2n) is 3.79. The van der Waals surface area contributed by atoms with Gasteiger partial charge >= 0.3 is 0 Å². The van der Waals surface area contributed by atoms with Crippen LogP contribution in [0, 0.1) is 12.7 Å². The number of carbonyl (C=O) groups is 1. The van der Waals surface area contributed by atoms with Crippen LogP contribution in [0.4, 0.5) is 15.2 Å². The van der Waals surface area contributed by atoms with E-state index >= 15 is 0 Å². The highest BCUT2D eigenvalue weighted by Crippen LogP contribution is 2.30. The van der Waals surface area contributed by atoms with Gasteiger partial charge in [0.2, 0.25) is 0 Å². The van der Waals surface area contributed by atoms with Crippen molar-refractivity contribution in [2.45, 2.75) is 13.8 Å². The quantitative estimate of drug-likeness (QED) is 0.792. The summed E-state index contributed by atoms with van der Waals surface area (Å²) in [5.41, 5.74) is 1.45. The van der Waals surface area contributed by atoms with Crippen molar-refractivity contribution in [2.24, 2.45) is 0 Å². The van der Waals surface area contributed by atoms with Crippen molar-refractivity contribution in [3.8, 4) is 0 Å². The fourth-order valence-corrected chi connectivity index (χ4v) is 2.66. The van der Waals surface area contributed by atoms with E-state index in [1.807, 2.05) is 17.9 Å². The molecule has 0 N–H and O–H groups in total. The van der Waals surface area contributed by atoms with Gasteiger partial charge in [-0.2, -0.15) is 0 Å². The molecule has 1 heterocycles. The van der Waals surface area contributed by atoms with E-state index in [9.17, 15) is 9.18 Å². The van der Waals surface area contributed by atoms with Crippen molar-refractivity contribution in [1.82, 2.24) is 4.98 Å². The molecule has 0 fully saturated rings. The van der Waals surface area contributed by atoms with Gasteiger partial charge in [-0.15, -0.1) is 0 Å². The number of halogens is 1. The number of hydrogen-bond donors (Lipinski definition) is 0. The van der Waals surface area contributed by atoms with E-state index in [1.165, 1.54) is 23.5 Å². The molecule has 0 aliphatic heterocycles. The number of hydrogen-bond acceptors (Lipinski definition) is 4. The van der Waals surface area contributed by atoms with Crippen LogP contribution >= 0.6 is 11.3 Å². The van der Waals surface area contributed by atoms with Crippen LogP contribution in [0.2, 0.25) is 0 Å². The highest BCUT2D eigenvalue weighted by Gasteiger charge is 2.14. The van der Waals surface area contributed by atoms with Crippen molar-refractivity contribution < 1.29 is 9.18 Å². The molecule has 2 aromatic rings. The molecule has 1 aromatic heterocycles. The molecule has 3 nitrogen and oxygen atoms in total. The third-order valence-corrected chi connectivity index (χ3v) is 3.70. The largest absolute Gasteiger partial charge is 0.318 e. The van der Waals surface area contributed by atoms with Gasteiger partial charge in [0, 0.05) is 12.2 Å². The number of aldehydes is 1. The summed E-state index contributed by atoms with van der Waals surface area (Å²) in [5.74, 6) is -0.283. The van der Waals surface area contributed by atoms with Crippen molar-refractivity contribution in [3.63, 3.8) is 0 Å². The molecule has 2 rings (SSSR count). The number of thiazole rings is 1. The lowest BCUT2D eigenvalue weighted by atomic mass is 10.3. The summed E-state index contributed by atoms with van der Waals surface area (Å²) >= 11 is 1.32. The van der Waals surface area contributed by atoms with E-state index in [2.05, 4.69) is 4.98 Å². The summed E-state index contributed by atoms with van der Waals surface area (Å²) in [7, 11) is 0. The summed E-state index contributed by atoms with van der Waals surface area (Å²) in [4.78, 5) is 17.7. The van der Waals surface area contributed by atoms with Crippen LogP contribution < -0.4 is 4.90 Å². The second kappa shape index (κ2) is 5.27. The molecule has 0 unspecified atom stereocenters. The van der Waals surface area contributed by atoms with Gasteiger partial charge in [-0.1, -0.05) is 17.4 Å². The van der Waals surface area contributed by atoms with Crippen LogP contribution in [0.3, 0.4) is 0 Å². The molecular weight excluding hydrogens is 251 g/mol. The molecule has 0 spiro atoms. The smallest absolute Gasteiger partial charge is 0.190 e. The van der Waals surface area contributed by atoms with Crippen LogP contribution in [0.1, 0.15) is 22.3 Å². The highest BCUT2D eigenvalue weighted by atomic mass is 32.1. The van der Waals surface area contributed by atoms with Crippen molar-refractivity contribution in [2.75, 3.05) is 11.4 Å². The molecule has 0 radical (unpaired) electrons. The summed E-state index contributed by atoms with van der Waals surface area (Å²) in [5, 5.41) is 0.711. The Morgan fingerprint density at radius 1 is 1.50 bits per heavy atom. The van der Waals surface area contributed by atoms with E-state index in [4.69, 9.17) is 0 Å². The zero-order valence-electron chi connectivity index (χ0n) is 10.2. The molecule has 0 aliphatic carbocycles. The molecule has 0 saturated carbocycles. The van der Waals surface area contributed by atoms with Crippen LogP contribution in [-0.2, 0) is 0 Å². The molecule has 0 saturated heterocycles. The van der Waals surface area contributed by atoms with E-state index in [-0.39, 0.29) is 5.82 Å². The van der Waals surface area contributed by atoms with Gasteiger partial charge in [0.1, 0.15) is 5.82 Å². The summed E-state index contributed by atoms with van der Waals surface area (Å²) < 4.78 is 13.2. The standard InChI is InChI=1S/C13H13FN2OS/c1-3-16(11-6-4-5-10(14)7-11)13-15-9(2)12(8-17)18-13/h4-8H,3H2,1-2H3. The maximum absolute atomic E-state index is 13.2. The Hall–Kier alpha value is -1.75. The number of carbonyl (C=O) groups excluding carboxylic acids is 1. The van der Waals surface area contributed by atoms with E-state index in [0.29, 0.717) is 22.2 Å². The number of rotatable bonds is 4. The normalized spacial score (nSPS) is 10.4. The van der Waals surface area contributed by atoms with Gasteiger partial charge in [-0.05, 0) is 32.0 Å². The zero-order valence-corrected chi connectivity index (χ0v) is 11.0. The first-order valence-corrected chi connectivity index (χ1v) is 6.43. The van der Waals surface area contributed by atoms with Crippen LogP contribution in [0.5, 0.6) is 0 Å². The minimum atomic E-state index is -0.283. The Morgan fingerprint density at radius 2 is 2.28 bits per heavy atom. The van der Waals surface area contributed by atoms with Crippen LogP contribution in [0.25, 0.3) is 0 Å². The molecule has 5 heteroatoms. The fourth-order valence-electron chi connectivity index (χ4n) is 1.69. The maximum atomic E-state index is 13.2. The van der Waals surface area contributed by atoms with Crippen molar-refractivity contribution >= 4 is 28.4 Å². The van der Waals surface area contributed by atoms with Gasteiger partial charge in [0.25, 0.3) is 0 Å². The monoisotopic (exact) mass is 264 g/mol. The molecule has 0 amide bonds. The lowest BCUT2D eigenvalue weighted by Crippen LogP contribution is -2.15. The molecule has 1 aromatic carbocycles. The SMILES string of the molecule is CCN(c1cccc(F)c1)c1nc(C)c(C=O)s1. The average molecular weight is 264 g/mol. The van der Waals surface area contributed by atoms with Gasteiger partial charge in [0.05, 0.1) is 10.6 Å². The van der Waals surface area contributed by atoms with Gasteiger partial charge < -0.3 is 4.90 Å². The molecule has 0 bridgehead atoms. The molecule has 18 heavy (non-hydrogen) atoms. The molecule has 0 aliphatic rings. The van der Waals surface area contributed by atoms with E-state index in [1.54, 1.807) is 13.0 Å². The lowest BCUT2D eigenvalue weighted by molar-refractivity contribution is 0.112. The van der Waals surface area contributed by atoms with E-state index < -0.39 is 0 Å². The predicted octanol–water partition coefficient (Wildman–Crippen LogP) is 3.56. The maximum Gasteiger partial charge on any atom is 0.190 e. The Morgan fingerprint density at radius 3 is 2.83 bits per heavy atom. The Bertz CT molecular complexity index is 568. The van der Waals surface area contributed by atoms with Gasteiger partial charge in [-0.25, -0.2) is 9.37 Å². The summed E-state index contributed by atoms with van der Waals surface area (Å²) in [6.45, 7) is 4.42. The molecule has 94 valence electrons. The first-order valence-electron chi connectivity index (χ1n) is 5.61. The number of nitrogens with zero attached hydrogens (tertiary/aromatic N) is 2. The lowest BCUT2D eigenvalue weighted by Gasteiger charge is -2.19. The Labute approximate surface area is 109 Å². The first-order chi connectivity index (χ1) is 8.65. The van der Waals surface area contributed by atoms with Gasteiger partial charge in [0.15, 0.2) is 11.4 Å². The predicted molar refractivity (Wildman–Crippen MR) is 71.3 cm³/mol. The van der Waals surface area contributed by atoms with Crippen molar-refractivity contribution in [1.29, 1.82) is 0 Å². The number of aryl methyl sites for hydroxylation is 1. The summed E-state index contributed by atoms with van der Waals surface area (Å²) in [6, 6.07) is 6.35. The Kier molecular flexibility index (Phi) is 3.72. The second-order valence-corrected chi connectivity index (χ2v) is 4.80. The van der Waals surface area contributed by atoms with Gasteiger partial charge in [-0.3, -0.25) is 4.79 Å². The molecule has 0 atom stereocenters. The minimum absolute atomic E-state index is 0.283. The first kappa shape index (κ1) is 12.7. The number of aromatic nitrogens is 1. The third kappa shape index (κ3) is 2.41. The Balaban J connectivity index is 2.41. The van der Waals surface area contributed by atoms with E-state index in [0.717, 1.165) is 12.0 Å². The number of benzene rings is 1.